The molecule has 3 aromatic rings. The summed E-state index contributed by atoms with van der Waals surface area (Å²) in [6.45, 7) is 7.39. The summed E-state index contributed by atoms with van der Waals surface area (Å²) < 4.78 is 7.65. The molecule has 0 aliphatic carbocycles. The first-order valence-corrected chi connectivity index (χ1v) is 11.6. The number of amides is 1. The SMILES string of the molecule is CC(C)(C)OC(=O)N1CCC[C@@H](Nc2nc3ccccc3n2Cc2c(Cl)cccc2Cl)C1. The van der Waals surface area contributed by atoms with E-state index in [1.807, 2.05) is 63.2 Å². The highest BCUT2D eigenvalue weighted by atomic mass is 35.5. The van der Waals surface area contributed by atoms with Crippen LogP contribution in [-0.4, -0.2) is 45.3 Å². The summed E-state index contributed by atoms with van der Waals surface area (Å²) in [4.78, 5) is 19.2. The highest BCUT2D eigenvalue weighted by Crippen LogP contribution is 2.29. The summed E-state index contributed by atoms with van der Waals surface area (Å²) in [5.74, 6) is 0.734. The minimum absolute atomic E-state index is 0.0635. The van der Waals surface area contributed by atoms with Gasteiger partial charge in [0.1, 0.15) is 5.60 Å². The van der Waals surface area contributed by atoms with E-state index in [2.05, 4.69) is 9.88 Å². The van der Waals surface area contributed by atoms with Gasteiger partial charge in [-0.1, -0.05) is 41.4 Å². The number of fused-ring (bicyclic) bond motifs is 1. The topological polar surface area (TPSA) is 59.4 Å². The van der Waals surface area contributed by atoms with E-state index in [9.17, 15) is 4.79 Å². The lowest BCUT2D eigenvalue weighted by molar-refractivity contribution is 0.0206. The summed E-state index contributed by atoms with van der Waals surface area (Å²) in [5.41, 5.74) is 2.21. The number of ether oxygens (including phenoxy) is 1. The van der Waals surface area contributed by atoms with Gasteiger partial charge < -0.3 is 19.5 Å². The van der Waals surface area contributed by atoms with Gasteiger partial charge in [-0.2, -0.15) is 0 Å². The van der Waals surface area contributed by atoms with Crippen LogP contribution in [-0.2, 0) is 11.3 Å². The summed E-state index contributed by atoms with van der Waals surface area (Å²) in [6, 6.07) is 13.6. The Bertz CT molecular complexity index is 1100. The van der Waals surface area contributed by atoms with Gasteiger partial charge >= 0.3 is 6.09 Å². The molecule has 4 rings (SSSR count). The van der Waals surface area contributed by atoms with Gasteiger partial charge in [0.05, 0.1) is 17.6 Å². The zero-order valence-electron chi connectivity index (χ0n) is 18.6. The van der Waals surface area contributed by atoms with Crippen molar-refractivity contribution in [2.75, 3.05) is 18.4 Å². The number of nitrogens with one attached hydrogen (secondary N) is 1. The van der Waals surface area contributed by atoms with Crippen LogP contribution >= 0.6 is 23.2 Å². The molecule has 1 aliphatic heterocycles. The van der Waals surface area contributed by atoms with E-state index in [0.717, 1.165) is 35.4 Å². The second-order valence-electron chi connectivity index (χ2n) is 9.12. The second-order valence-corrected chi connectivity index (χ2v) is 9.93. The Morgan fingerprint density at radius 3 is 2.59 bits per heavy atom. The number of carbonyl (C=O) groups excluding carboxylic acids is 1. The molecule has 2 heterocycles. The van der Waals surface area contributed by atoms with Gasteiger partial charge in [-0.15, -0.1) is 0 Å². The zero-order chi connectivity index (χ0) is 22.9. The third kappa shape index (κ3) is 5.13. The van der Waals surface area contributed by atoms with Crippen molar-refractivity contribution >= 4 is 46.3 Å². The van der Waals surface area contributed by atoms with Crippen molar-refractivity contribution in [1.82, 2.24) is 14.5 Å². The molecule has 1 atom stereocenters. The molecule has 1 saturated heterocycles. The molecule has 1 N–H and O–H groups in total. The first kappa shape index (κ1) is 22.7. The van der Waals surface area contributed by atoms with E-state index in [4.69, 9.17) is 32.9 Å². The Labute approximate surface area is 198 Å². The maximum absolute atomic E-state index is 12.6. The Balaban J connectivity index is 1.59. The average Bonchev–Trinajstić information content (AvgIpc) is 3.06. The standard InChI is InChI=1S/C24H28Cl2N4O2/c1-24(2,3)32-23(31)29-13-7-8-16(14-29)27-22-28-20-11-4-5-12-21(20)30(22)15-17-18(25)9-6-10-19(17)26/h4-6,9-12,16H,7-8,13-15H2,1-3H3,(H,27,28)/t16-/m1/s1. The molecule has 32 heavy (non-hydrogen) atoms. The van der Waals surface area contributed by atoms with E-state index < -0.39 is 5.60 Å². The number of rotatable bonds is 4. The molecule has 170 valence electrons. The number of imidazole rings is 1. The first-order valence-electron chi connectivity index (χ1n) is 10.8. The molecule has 6 nitrogen and oxygen atoms in total. The number of halogens is 2. The van der Waals surface area contributed by atoms with Crippen LogP contribution in [0.5, 0.6) is 0 Å². The smallest absolute Gasteiger partial charge is 0.410 e. The number of likely N-dealkylation sites (tertiary alicyclic amines) is 1. The second kappa shape index (κ2) is 9.20. The zero-order valence-corrected chi connectivity index (χ0v) is 20.1. The van der Waals surface area contributed by atoms with Crippen LogP contribution in [0.15, 0.2) is 42.5 Å². The average molecular weight is 475 g/mol. The molecule has 0 radical (unpaired) electrons. The van der Waals surface area contributed by atoms with Crippen LogP contribution in [0.4, 0.5) is 10.7 Å². The normalized spacial score (nSPS) is 16.9. The van der Waals surface area contributed by atoms with Crippen LogP contribution in [0.2, 0.25) is 10.0 Å². The number of benzene rings is 2. The Morgan fingerprint density at radius 1 is 1.16 bits per heavy atom. The Kier molecular flexibility index (Phi) is 6.54. The maximum Gasteiger partial charge on any atom is 0.410 e. The van der Waals surface area contributed by atoms with Crippen LogP contribution < -0.4 is 5.32 Å². The number of hydrogen-bond acceptors (Lipinski definition) is 4. The lowest BCUT2D eigenvalue weighted by Crippen LogP contribution is -2.47. The number of carbonyl (C=O) groups is 1. The summed E-state index contributed by atoms with van der Waals surface area (Å²) >= 11 is 12.9. The monoisotopic (exact) mass is 474 g/mol. The molecule has 0 saturated carbocycles. The molecule has 1 fully saturated rings. The maximum atomic E-state index is 12.6. The van der Waals surface area contributed by atoms with Crippen molar-refractivity contribution in [1.29, 1.82) is 0 Å². The molecule has 0 spiro atoms. The fraction of sp³-hybridized carbons (Fsp3) is 0.417. The van der Waals surface area contributed by atoms with Crippen LogP contribution in [0, 0.1) is 0 Å². The van der Waals surface area contributed by atoms with E-state index in [1.165, 1.54) is 0 Å². The van der Waals surface area contributed by atoms with Crippen molar-refractivity contribution in [2.45, 2.75) is 51.8 Å². The minimum Gasteiger partial charge on any atom is -0.444 e. The highest BCUT2D eigenvalue weighted by molar-refractivity contribution is 6.36. The molecule has 0 unspecified atom stereocenters. The summed E-state index contributed by atoms with van der Waals surface area (Å²) in [5, 5.41) is 4.80. The van der Waals surface area contributed by atoms with Crippen LogP contribution in [0.25, 0.3) is 11.0 Å². The Hall–Kier alpha value is -2.44. The number of para-hydroxylation sites is 2. The number of hydrogen-bond donors (Lipinski definition) is 1. The molecule has 2 aromatic carbocycles. The van der Waals surface area contributed by atoms with Gasteiger partial charge in [0.2, 0.25) is 5.95 Å². The molecule has 1 amide bonds. The van der Waals surface area contributed by atoms with Crippen molar-refractivity contribution in [3.05, 3.63) is 58.1 Å². The predicted octanol–water partition coefficient (Wildman–Crippen LogP) is 6.20. The van der Waals surface area contributed by atoms with Crippen molar-refractivity contribution in [2.24, 2.45) is 0 Å². The number of aromatic nitrogens is 2. The predicted molar refractivity (Wildman–Crippen MR) is 130 cm³/mol. The van der Waals surface area contributed by atoms with Gasteiger partial charge in [0.25, 0.3) is 0 Å². The van der Waals surface area contributed by atoms with Gasteiger partial charge in [0, 0.05) is 34.7 Å². The van der Waals surface area contributed by atoms with Crippen LogP contribution in [0.1, 0.15) is 39.2 Å². The molecular formula is C24H28Cl2N4O2. The largest absolute Gasteiger partial charge is 0.444 e. The lowest BCUT2D eigenvalue weighted by Gasteiger charge is -2.34. The van der Waals surface area contributed by atoms with Gasteiger partial charge in [-0.05, 0) is 57.9 Å². The lowest BCUT2D eigenvalue weighted by atomic mass is 10.1. The molecule has 1 aromatic heterocycles. The highest BCUT2D eigenvalue weighted by Gasteiger charge is 2.28. The van der Waals surface area contributed by atoms with Crippen molar-refractivity contribution in [3.63, 3.8) is 0 Å². The summed E-state index contributed by atoms with van der Waals surface area (Å²) in [7, 11) is 0. The fourth-order valence-electron chi connectivity index (χ4n) is 3.96. The minimum atomic E-state index is -0.514. The third-order valence-corrected chi connectivity index (χ3v) is 6.15. The van der Waals surface area contributed by atoms with Gasteiger partial charge in [-0.3, -0.25) is 0 Å². The third-order valence-electron chi connectivity index (χ3n) is 5.44. The summed E-state index contributed by atoms with van der Waals surface area (Å²) in [6.07, 6.45) is 1.56. The molecule has 0 bridgehead atoms. The van der Waals surface area contributed by atoms with Crippen LogP contribution in [0.3, 0.4) is 0 Å². The van der Waals surface area contributed by atoms with Crippen molar-refractivity contribution < 1.29 is 9.53 Å². The molecule has 1 aliphatic rings. The van der Waals surface area contributed by atoms with E-state index in [1.54, 1.807) is 4.90 Å². The fourth-order valence-corrected chi connectivity index (χ4v) is 4.47. The quantitative estimate of drug-likeness (QED) is 0.488. The van der Waals surface area contributed by atoms with E-state index in [0.29, 0.717) is 29.7 Å². The Morgan fingerprint density at radius 2 is 1.88 bits per heavy atom. The van der Waals surface area contributed by atoms with Gasteiger partial charge in [-0.25, -0.2) is 9.78 Å². The molecule has 8 heteroatoms. The van der Waals surface area contributed by atoms with E-state index >= 15 is 0 Å². The molecular weight excluding hydrogens is 447 g/mol. The van der Waals surface area contributed by atoms with Crippen molar-refractivity contribution in [3.8, 4) is 0 Å². The van der Waals surface area contributed by atoms with Gasteiger partial charge in [0.15, 0.2) is 0 Å². The first-order chi connectivity index (χ1) is 15.2. The van der Waals surface area contributed by atoms with E-state index in [-0.39, 0.29) is 12.1 Å². The number of nitrogens with zero attached hydrogens (tertiary/aromatic N) is 3. The number of anilines is 1. The number of piperidine rings is 1.